The summed E-state index contributed by atoms with van der Waals surface area (Å²) in [5.41, 5.74) is 3.52. The Balaban J connectivity index is 3.14. The first-order valence-corrected chi connectivity index (χ1v) is 7.79. The van der Waals surface area contributed by atoms with Crippen LogP contribution in [0.3, 0.4) is 0 Å². The van der Waals surface area contributed by atoms with Crippen molar-refractivity contribution in [3.63, 3.8) is 0 Å². The zero-order valence-electron chi connectivity index (χ0n) is 14.2. The van der Waals surface area contributed by atoms with Crippen molar-refractivity contribution in [1.29, 1.82) is 0 Å². The summed E-state index contributed by atoms with van der Waals surface area (Å²) in [5, 5.41) is 19.2. The number of aliphatic hydroxyl groups is 2. The fraction of sp³-hybridized carbons (Fsp3) is 0.667. The average molecular weight is 294 g/mol. The molecule has 0 bridgehead atoms. The van der Waals surface area contributed by atoms with Crippen molar-refractivity contribution in [2.24, 2.45) is 0 Å². The molecule has 0 heterocycles. The van der Waals surface area contributed by atoms with E-state index in [0.29, 0.717) is 19.4 Å². The Kier molecular flexibility index (Phi) is 6.24. The van der Waals surface area contributed by atoms with Gasteiger partial charge in [-0.25, -0.2) is 0 Å². The minimum absolute atomic E-state index is 0.00809. The molecule has 2 N–H and O–H groups in total. The summed E-state index contributed by atoms with van der Waals surface area (Å²) in [7, 11) is 0. The van der Waals surface area contributed by atoms with Crippen LogP contribution in [0.1, 0.15) is 57.7 Å². The molecule has 0 radical (unpaired) electrons. The normalized spacial score (nSPS) is 14.9. The van der Waals surface area contributed by atoms with E-state index in [4.69, 9.17) is 4.74 Å². The van der Waals surface area contributed by atoms with Crippen LogP contribution in [0.25, 0.3) is 0 Å². The second-order valence-electron chi connectivity index (χ2n) is 6.83. The molecule has 0 aliphatic heterocycles. The predicted molar refractivity (Wildman–Crippen MR) is 87.1 cm³/mol. The predicted octanol–water partition coefficient (Wildman–Crippen LogP) is 3.37. The number of hydrogen-bond donors (Lipinski definition) is 2. The van der Waals surface area contributed by atoms with Gasteiger partial charge in [0.1, 0.15) is 5.75 Å². The van der Waals surface area contributed by atoms with Gasteiger partial charge in [0.05, 0.1) is 18.8 Å². The Morgan fingerprint density at radius 1 is 1.19 bits per heavy atom. The molecule has 3 nitrogen and oxygen atoms in total. The standard InChI is InChI=1S/C18H30O3/c1-7-21-17-14(8-9-16(20)13(3)19)10-12(2)11-15(17)18(4,5)6/h10-11,13,16,19-20H,7-9H2,1-6H3. The monoisotopic (exact) mass is 294 g/mol. The zero-order valence-corrected chi connectivity index (χ0v) is 14.2. The van der Waals surface area contributed by atoms with Gasteiger partial charge in [-0.05, 0) is 44.6 Å². The molecule has 0 saturated carbocycles. The zero-order chi connectivity index (χ0) is 16.2. The van der Waals surface area contributed by atoms with Crippen LogP contribution in [-0.2, 0) is 11.8 Å². The van der Waals surface area contributed by atoms with Gasteiger partial charge in [-0.1, -0.05) is 38.5 Å². The molecule has 21 heavy (non-hydrogen) atoms. The third-order valence-electron chi connectivity index (χ3n) is 3.67. The van der Waals surface area contributed by atoms with Crippen molar-refractivity contribution in [2.45, 2.75) is 72.0 Å². The van der Waals surface area contributed by atoms with E-state index in [1.165, 1.54) is 11.1 Å². The first-order valence-electron chi connectivity index (χ1n) is 7.79. The molecule has 1 aromatic carbocycles. The van der Waals surface area contributed by atoms with Crippen LogP contribution in [0.4, 0.5) is 0 Å². The van der Waals surface area contributed by atoms with E-state index < -0.39 is 12.2 Å². The Morgan fingerprint density at radius 2 is 1.81 bits per heavy atom. The molecule has 1 aromatic rings. The second kappa shape index (κ2) is 7.28. The van der Waals surface area contributed by atoms with Crippen LogP contribution in [0.2, 0.25) is 0 Å². The number of ether oxygens (including phenoxy) is 1. The van der Waals surface area contributed by atoms with Gasteiger partial charge >= 0.3 is 0 Å². The molecule has 0 aromatic heterocycles. The van der Waals surface area contributed by atoms with Crippen LogP contribution >= 0.6 is 0 Å². The molecule has 0 saturated heterocycles. The number of hydrogen-bond acceptors (Lipinski definition) is 3. The molecule has 2 atom stereocenters. The molecule has 1 rings (SSSR count). The van der Waals surface area contributed by atoms with Crippen molar-refractivity contribution in [3.8, 4) is 5.75 Å². The van der Waals surface area contributed by atoms with E-state index in [-0.39, 0.29) is 5.41 Å². The van der Waals surface area contributed by atoms with Crippen molar-refractivity contribution >= 4 is 0 Å². The van der Waals surface area contributed by atoms with Gasteiger partial charge < -0.3 is 14.9 Å². The highest BCUT2D eigenvalue weighted by atomic mass is 16.5. The number of rotatable bonds is 6. The summed E-state index contributed by atoms with van der Waals surface area (Å²) < 4.78 is 5.90. The van der Waals surface area contributed by atoms with Crippen LogP contribution in [0, 0.1) is 6.92 Å². The molecular formula is C18H30O3. The highest BCUT2D eigenvalue weighted by Crippen LogP contribution is 2.36. The Morgan fingerprint density at radius 3 is 2.29 bits per heavy atom. The topological polar surface area (TPSA) is 49.7 Å². The smallest absolute Gasteiger partial charge is 0.126 e. The number of benzene rings is 1. The van der Waals surface area contributed by atoms with Gasteiger partial charge in [0.2, 0.25) is 0 Å². The quantitative estimate of drug-likeness (QED) is 0.846. The van der Waals surface area contributed by atoms with E-state index in [0.717, 1.165) is 11.3 Å². The summed E-state index contributed by atoms with van der Waals surface area (Å²) in [5.74, 6) is 0.938. The summed E-state index contributed by atoms with van der Waals surface area (Å²) >= 11 is 0. The highest BCUT2D eigenvalue weighted by Gasteiger charge is 2.22. The van der Waals surface area contributed by atoms with Crippen molar-refractivity contribution < 1.29 is 14.9 Å². The Labute approximate surface area is 129 Å². The Hall–Kier alpha value is -1.06. The summed E-state index contributed by atoms with van der Waals surface area (Å²) in [4.78, 5) is 0. The third kappa shape index (κ3) is 5.01. The van der Waals surface area contributed by atoms with E-state index in [9.17, 15) is 10.2 Å². The molecule has 0 amide bonds. The fourth-order valence-corrected chi connectivity index (χ4v) is 2.45. The molecule has 0 fully saturated rings. The van der Waals surface area contributed by atoms with E-state index >= 15 is 0 Å². The molecule has 0 aliphatic rings. The lowest BCUT2D eigenvalue weighted by Gasteiger charge is -2.26. The van der Waals surface area contributed by atoms with Crippen molar-refractivity contribution in [3.05, 3.63) is 28.8 Å². The maximum atomic E-state index is 9.82. The molecule has 3 heteroatoms. The Bertz CT molecular complexity index is 458. The third-order valence-corrected chi connectivity index (χ3v) is 3.67. The van der Waals surface area contributed by atoms with E-state index in [1.807, 2.05) is 6.92 Å². The van der Waals surface area contributed by atoms with E-state index in [1.54, 1.807) is 6.92 Å². The lowest BCUT2D eigenvalue weighted by Crippen LogP contribution is -2.23. The van der Waals surface area contributed by atoms with Crippen molar-refractivity contribution in [2.75, 3.05) is 6.61 Å². The SMILES string of the molecule is CCOc1c(CCC(O)C(C)O)cc(C)cc1C(C)(C)C. The van der Waals surface area contributed by atoms with Crippen LogP contribution < -0.4 is 4.74 Å². The minimum Gasteiger partial charge on any atom is -0.493 e. The first-order chi connectivity index (χ1) is 9.66. The highest BCUT2D eigenvalue weighted by molar-refractivity contribution is 5.48. The molecule has 0 spiro atoms. The molecular weight excluding hydrogens is 264 g/mol. The minimum atomic E-state index is -0.701. The van der Waals surface area contributed by atoms with Crippen molar-refractivity contribution in [1.82, 2.24) is 0 Å². The maximum absolute atomic E-state index is 9.82. The van der Waals surface area contributed by atoms with Crippen LogP contribution in [0.15, 0.2) is 12.1 Å². The van der Waals surface area contributed by atoms with E-state index in [2.05, 4.69) is 39.8 Å². The van der Waals surface area contributed by atoms with Gasteiger partial charge in [0, 0.05) is 5.56 Å². The summed E-state index contributed by atoms with van der Waals surface area (Å²) in [6, 6.07) is 4.30. The average Bonchev–Trinajstić information content (AvgIpc) is 2.36. The first kappa shape index (κ1) is 18.0. The maximum Gasteiger partial charge on any atom is 0.126 e. The van der Waals surface area contributed by atoms with Gasteiger partial charge in [0.25, 0.3) is 0 Å². The number of aryl methyl sites for hydroxylation is 2. The van der Waals surface area contributed by atoms with Crippen LogP contribution in [0.5, 0.6) is 5.75 Å². The van der Waals surface area contributed by atoms with Gasteiger partial charge in [-0.2, -0.15) is 0 Å². The lowest BCUT2D eigenvalue weighted by atomic mass is 9.83. The number of aliphatic hydroxyl groups excluding tert-OH is 2. The lowest BCUT2D eigenvalue weighted by molar-refractivity contribution is 0.0264. The van der Waals surface area contributed by atoms with Gasteiger partial charge in [0.15, 0.2) is 0 Å². The summed E-state index contributed by atoms with van der Waals surface area (Å²) in [6.45, 7) is 12.8. The fourth-order valence-electron chi connectivity index (χ4n) is 2.45. The molecule has 0 aliphatic carbocycles. The second-order valence-corrected chi connectivity index (χ2v) is 6.83. The van der Waals surface area contributed by atoms with Crippen LogP contribution in [-0.4, -0.2) is 29.0 Å². The van der Waals surface area contributed by atoms with Gasteiger partial charge in [-0.3, -0.25) is 0 Å². The molecule has 120 valence electrons. The largest absolute Gasteiger partial charge is 0.493 e. The summed E-state index contributed by atoms with van der Waals surface area (Å²) in [6.07, 6.45) is -0.165. The molecule has 2 unspecified atom stereocenters. The van der Waals surface area contributed by atoms with Gasteiger partial charge in [-0.15, -0.1) is 0 Å².